The van der Waals surface area contributed by atoms with E-state index in [0.29, 0.717) is 19.6 Å². The van der Waals surface area contributed by atoms with Gasteiger partial charge in [-0.25, -0.2) is 5.43 Å². The lowest BCUT2D eigenvalue weighted by Crippen LogP contribution is -2.38. The fourth-order valence-corrected chi connectivity index (χ4v) is 1.90. The van der Waals surface area contributed by atoms with Crippen molar-refractivity contribution in [3.63, 3.8) is 0 Å². The van der Waals surface area contributed by atoms with Crippen LogP contribution in [0, 0.1) is 0 Å². The van der Waals surface area contributed by atoms with E-state index in [1.54, 1.807) is 11.1 Å². The van der Waals surface area contributed by atoms with E-state index in [1.807, 2.05) is 24.3 Å². The molecule has 96 valence electrons. The molecule has 1 aromatic rings. The molecule has 0 aromatic heterocycles. The van der Waals surface area contributed by atoms with E-state index in [0.717, 1.165) is 24.3 Å². The van der Waals surface area contributed by atoms with Crippen molar-refractivity contribution in [1.82, 2.24) is 10.4 Å². The van der Waals surface area contributed by atoms with Crippen LogP contribution in [0.3, 0.4) is 0 Å². The van der Waals surface area contributed by atoms with E-state index in [4.69, 9.17) is 4.74 Å². The second-order valence-electron chi connectivity index (χ2n) is 4.23. The maximum atomic E-state index is 11.4. The molecular formula is C14H18N2O2. The summed E-state index contributed by atoms with van der Waals surface area (Å²) in [6, 6.07) is 7.83. The van der Waals surface area contributed by atoms with E-state index < -0.39 is 0 Å². The fraction of sp³-hybridized carbons (Fsp3) is 0.357. The first-order valence-corrected chi connectivity index (χ1v) is 6.16. The number of hydrogen-bond acceptors (Lipinski definition) is 3. The van der Waals surface area contributed by atoms with Gasteiger partial charge in [0.15, 0.2) is 0 Å². The molecule has 1 heterocycles. The van der Waals surface area contributed by atoms with E-state index in [1.165, 1.54) is 0 Å². The molecule has 0 saturated carbocycles. The first-order valence-electron chi connectivity index (χ1n) is 6.16. The van der Waals surface area contributed by atoms with Crippen molar-refractivity contribution >= 4 is 5.91 Å². The summed E-state index contributed by atoms with van der Waals surface area (Å²) in [6.07, 6.45) is 3.30. The number of carbonyl (C=O) groups is 1. The van der Waals surface area contributed by atoms with Crippen LogP contribution in [0.1, 0.15) is 18.4 Å². The van der Waals surface area contributed by atoms with E-state index >= 15 is 0 Å². The van der Waals surface area contributed by atoms with Crippen LogP contribution in [0.15, 0.2) is 36.9 Å². The normalized spacial score (nSPS) is 14.9. The van der Waals surface area contributed by atoms with Crippen LogP contribution in [0.2, 0.25) is 0 Å². The Morgan fingerprint density at radius 2 is 2.39 bits per heavy atom. The monoisotopic (exact) mass is 246 g/mol. The molecule has 2 rings (SSSR count). The summed E-state index contributed by atoms with van der Waals surface area (Å²) in [5.74, 6) is 0.996. The minimum absolute atomic E-state index is 0.175. The van der Waals surface area contributed by atoms with Crippen LogP contribution >= 0.6 is 0 Å². The quantitative estimate of drug-likeness (QED) is 0.779. The molecule has 18 heavy (non-hydrogen) atoms. The van der Waals surface area contributed by atoms with E-state index in [-0.39, 0.29) is 5.91 Å². The second kappa shape index (κ2) is 6.21. The third-order valence-corrected chi connectivity index (χ3v) is 2.81. The molecule has 0 bridgehead atoms. The van der Waals surface area contributed by atoms with Crippen LogP contribution < -0.4 is 10.2 Å². The minimum Gasteiger partial charge on any atom is -0.490 e. The summed E-state index contributed by atoms with van der Waals surface area (Å²) in [6.45, 7) is 5.55. The number of hydrogen-bond donors (Lipinski definition) is 1. The van der Waals surface area contributed by atoms with Crippen LogP contribution in [0.5, 0.6) is 5.75 Å². The molecule has 1 saturated heterocycles. The minimum atomic E-state index is 0.175. The Kier molecular flexibility index (Phi) is 4.36. The lowest BCUT2D eigenvalue weighted by atomic mass is 10.2. The van der Waals surface area contributed by atoms with Gasteiger partial charge >= 0.3 is 0 Å². The van der Waals surface area contributed by atoms with Gasteiger partial charge in [-0.2, -0.15) is 0 Å². The standard InChI is InChI=1S/C14H18N2O2/c1-2-9-18-13-6-3-5-12(10-13)11-15-16-8-4-7-14(16)17/h2-3,5-6,10,15H,1,4,7-9,11H2. The number of hydrazine groups is 1. The molecule has 0 aliphatic carbocycles. The summed E-state index contributed by atoms with van der Waals surface area (Å²) in [7, 11) is 0. The van der Waals surface area contributed by atoms with Gasteiger partial charge in [0.2, 0.25) is 5.91 Å². The first kappa shape index (κ1) is 12.6. The Balaban J connectivity index is 1.88. The third kappa shape index (κ3) is 3.34. The highest BCUT2D eigenvalue weighted by Gasteiger charge is 2.19. The lowest BCUT2D eigenvalue weighted by Gasteiger charge is -2.17. The van der Waals surface area contributed by atoms with Gasteiger partial charge < -0.3 is 4.74 Å². The number of ether oxygens (including phenoxy) is 1. The smallest absolute Gasteiger partial charge is 0.236 e. The second-order valence-corrected chi connectivity index (χ2v) is 4.23. The maximum Gasteiger partial charge on any atom is 0.236 e. The molecule has 1 aliphatic heterocycles. The van der Waals surface area contributed by atoms with E-state index in [9.17, 15) is 4.79 Å². The highest BCUT2D eigenvalue weighted by molar-refractivity contribution is 5.77. The topological polar surface area (TPSA) is 41.6 Å². The van der Waals surface area contributed by atoms with Crippen molar-refractivity contribution in [1.29, 1.82) is 0 Å². The fourth-order valence-electron chi connectivity index (χ4n) is 1.90. The Hall–Kier alpha value is -1.81. The maximum absolute atomic E-state index is 11.4. The highest BCUT2D eigenvalue weighted by atomic mass is 16.5. The summed E-state index contributed by atoms with van der Waals surface area (Å²) in [5.41, 5.74) is 4.23. The average molecular weight is 246 g/mol. The molecule has 1 aromatic carbocycles. The number of benzene rings is 1. The number of nitrogens with zero attached hydrogens (tertiary/aromatic N) is 1. The van der Waals surface area contributed by atoms with Gasteiger partial charge in [0.05, 0.1) is 0 Å². The predicted octanol–water partition coefficient (Wildman–Crippen LogP) is 1.88. The Morgan fingerprint density at radius 3 is 3.11 bits per heavy atom. The number of nitrogens with one attached hydrogen (secondary N) is 1. The van der Waals surface area contributed by atoms with Gasteiger partial charge in [-0.1, -0.05) is 24.8 Å². The van der Waals surface area contributed by atoms with Crippen LogP contribution in [0.4, 0.5) is 0 Å². The van der Waals surface area contributed by atoms with Crippen LogP contribution in [0.25, 0.3) is 0 Å². The lowest BCUT2D eigenvalue weighted by molar-refractivity contribution is -0.130. The Morgan fingerprint density at radius 1 is 1.50 bits per heavy atom. The molecule has 0 unspecified atom stereocenters. The van der Waals surface area contributed by atoms with Crippen molar-refractivity contribution < 1.29 is 9.53 Å². The highest BCUT2D eigenvalue weighted by Crippen LogP contribution is 2.14. The predicted molar refractivity (Wildman–Crippen MR) is 69.9 cm³/mol. The SMILES string of the molecule is C=CCOc1cccc(CNN2CCCC2=O)c1. The summed E-state index contributed by atoms with van der Waals surface area (Å²) in [4.78, 5) is 11.4. The van der Waals surface area contributed by atoms with Crippen LogP contribution in [-0.4, -0.2) is 24.1 Å². The average Bonchev–Trinajstić information content (AvgIpc) is 2.80. The van der Waals surface area contributed by atoms with Crippen molar-refractivity contribution in [3.05, 3.63) is 42.5 Å². The summed E-state index contributed by atoms with van der Waals surface area (Å²) >= 11 is 0. The molecule has 1 aliphatic rings. The zero-order chi connectivity index (χ0) is 12.8. The largest absolute Gasteiger partial charge is 0.490 e. The van der Waals surface area contributed by atoms with E-state index in [2.05, 4.69) is 12.0 Å². The molecule has 1 amide bonds. The van der Waals surface area contributed by atoms with Gasteiger partial charge in [-0.15, -0.1) is 0 Å². The number of rotatable bonds is 6. The molecule has 0 atom stereocenters. The molecule has 1 fully saturated rings. The van der Waals surface area contributed by atoms with Crippen molar-refractivity contribution in [2.24, 2.45) is 0 Å². The molecule has 0 spiro atoms. The summed E-state index contributed by atoms with van der Waals surface area (Å²) < 4.78 is 5.46. The molecular weight excluding hydrogens is 228 g/mol. The van der Waals surface area contributed by atoms with Gasteiger partial charge in [-0.05, 0) is 24.1 Å². The van der Waals surface area contributed by atoms with Crippen LogP contribution in [-0.2, 0) is 11.3 Å². The number of amides is 1. The van der Waals surface area contributed by atoms with Crippen molar-refractivity contribution in [3.8, 4) is 5.75 Å². The van der Waals surface area contributed by atoms with Crippen molar-refractivity contribution in [2.75, 3.05) is 13.2 Å². The summed E-state index contributed by atoms with van der Waals surface area (Å²) in [5, 5.41) is 1.69. The Bertz CT molecular complexity index is 432. The zero-order valence-electron chi connectivity index (χ0n) is 10.4. The number of carbonyl (C=O) groups excluding carboxylic acids is 1. The Labute approximate surface area is 107 Å². The first-order chi connectivity index (χ1) is 8.79. The zero-order valence-corrected chi connectivity index (χ0v) is 10.4. The van der Waals surface area contributed by atoms with Gasteiger partial charge in [0, 0.05) is 19.5 Å². The third-order valence-electron chi connectivity index (χ3n) is 2.81. The van der Waals surface area contributed by atoms with Crippen molar-refractivity contribution in [2.45, 2.75) is 19.4 Å². The molecule has 4 heteroatoms. The molecule has 0 radical (unpaired) electrons. The van der Waals surface area contributed by atoms with Gasteiger partial charge in [-0.3, -0.25) is 9.80 Å². The molecule has 1 N–H and O–H groups in total. The van der Waals surface area contributed by atoms with Gasteiger partial charge in [0.25, 0.3) is 0 Å². The van der Waals surface area contributed by atoms with Gasteiger partial charge in [0.1, 0.15) is 12.4 Å². The molecule has 4 nitrogen and oxygen atoms in total.